The lowest BCUT2D eigenvalue weighted by Gasteiger charge is -2.03. The van der Waals surface area contributed by atoms with Crippen molar-refractivity contribution in [1.82, 2.24) is 0 Å². The number of halogens is 1. The van der Waals surface area contributed by atoms with Gasteiger partial charge in [-0.1, -0.05) is 23.7 Å². The molecule has 0 amide bonds. The summed E-state index contributed by atoms with van der Waals surface area (Å²) in [5.41, 5.74) is 3.08. The smallest absolute Gasteiger partial charge is 0.203 e. The van der Waals surface area contributed by atoms with Gasteiger partial charge in [-0.05, 0) is 30.2 Å². The molecule has 0 atom stereocenters. The summed E-state index contributed by atoms with van der Waals surface area (Å²) >= 11 is 7.16. The van der Waals surface area contributed by atoms with Gasteiger partial charge < -0.3 is 5.32 Å². The highest BCUT2D eigenvalue weighted by molar-refractivity contribution is 7.18. The predicted molar refractivity (Wildman–Crippen MR) is 71.4 cm³/mol. The summed E-state index contributed by atoms with van der Waals surface area (Å²) in [7, 11) is 0. The van der Waals surface area contributed by atoms with E-state index in [2.05, 4.69) is 5.32 Å². The molecule has 4 heteroatoms. The van der Waals surface area contributed by atoms with Crippen LogP contribution in [0.4, 0.5) is 5.69 Å². The van der Waals surface area contributed by atoms with Crippen LogP contribution < -0.4 is 5.32 Å². The van der Waals surface area contributed by atoms with E-state index in [9.17, 15) is 4.79 Å². The Morgan fingerprint density at radius 2 is 2.18 bits per heavy atom. The second-order valence-electron chi connectivity index (χ2n) is 3.98. The molecule has 0 bridgehead atoms. The van der Waals surface area contributed by atoms with Crippen molar-refractivity contribution >= 4 is 34.4 Å². The third kappa shape index (κ3) is 1.96. The van der Waals surface area contributed by atoms with Crippen LogP contribution in [0.3, 0.4) is 0 Å². The summed E-state index contributed by atoms with van der Waals surface area (Å²) in [4.78, 5) is 12.9. The largest absolute Gasteiger partial charge is 0.384 e. The number of thiophene rings is 1. The van der Waals surface area contributed by atoms with E-state index in [0.717, 1.165) is 24.2 Å². The van der Waals surface area contributed by atoms with Crippen LogP contribution in [0.5, 0.6) is 0 Å². The molecule has 2 heterocycles. The van der Waals surface area contributed by atoms with Gasteiger partial charge in [0.15, 0.2) is 0 Å². The first kappa shape index (κ1) is 10.8. The monoisotopic (exact) mass is 263 g/mol. The molecule has 2 nitrogen and oxygen atoms in total. The van der Waals surface area contributed by atoms with Crippen LogP contribution in [-0.2, 0) is 6.42 Å². The fourth-order valence-corrected chi connectivity index (χ4v) is 3.02. The summed E-state index contributed by atoms with van der Waals surface area (Å²) < 4.78 is 0.646. The molecule has 1 aliphatic rings. The summed E-state index contributed by atoms with van der Waals surface area (Å²) in [6.07, 6.45) is 1.04. The Kier molecular flexibility index (Phi) is 2.65. The van der Waals surface area contributed by atoms with E-state index in [1.165, 1.54) is 16.9 Å². The summed E-state index contributed by atoms with van der Waals surface area (Å²) in [5.74, 6) is 0.0402. The second-order valence-corrected chi connectivity index (χ2v) is 5.70. The number of rotatable bonds is 2. The number of hydrogen-bond donors (Lipinski definition) is 1. The highest BCUT2D eigenvalue weighted by Crippen LogP contribution is 2.27. The van der Waals surface area contributed by atoms with E-state index >= 15 is 0 Å². The van der Waals surface area contributed by atoms with Gasteiger partial charge in [-0.15, -0.1) is 11.3 Å². The molecule has 1 N–H and O–H groups in total. The first-order valence-corrected chi connectivity index (χ1v) is 6.60. The molecule has 0 saturated heterocycles. The van der Waals surface area contributed by atoms with Gasteiger partial charge >= 0.3 is 0 Å². The molecule has 0 saturated carbocycles. The number of ketones is 1. The van der Waals surface area contributed by atoms with Gasteiger partial charge in [-0.25, -0.2) is 0 Å². The molecule has 17 heavy (non-hydrogen) atoms. The van der Waals surface area contributed by atoms with Crippen LogP contribution in [0.1, 0.15) is 20.8 Å². The van der Waals surface area contributed by atoms with E-state index in [4.69, 9.17) is 11.6 Å². The molecular weight excluding hydrogens is 254 g/mol. The van der Waals surface area contributed by atoms with Gasteiger partial charge in [-0.3, -0.25) is 4.79 Å². The van der Waals surface area contributed by atoms with Crippen LogP contribution in [-0.4, -0.2) is 12.3 Å². The molecule has 0 spiro atoms. The van der Waals surface area contributed by atoms with Crippen LogP contribution in [0, 0.1) is 0 Å². The molecule has 0 radical (unpaired) electrons. The minimum Gasteiger partial charge on any atom is -0.384 e. The topological polar surface area (TPSA) is 29.1 Å². The normalized spacial score (nSPS) is 13.2. The molecule has 1 aromatic carbocycles. The second kappa shape index (κ2) is 4.17. The van der Waals surface area contributed by atoms with Gasteiger partial charge in [0.1, 0.15) is 0 Å². The van der Waals surface area contributed by atoms with E-state index in [-0.39, 0.29) is 5.78 Å². The highest BCUT2D eigenvalue weighted by atomic mass is 35.5. The lowest BCUT2D eigenvalue weighted by atomic mass is 10.1. The minimum absolute atomic E-state index is 0.0402. The molecular formula is C13H10ClNOS. The Hall–Kier alpha value is -1.32. The number of carbonyl (C=O) groups excluding carboxylic acids is 1. The Labute approximate surface area is 108 Å². The van der Waals surface area contributed by atoms with Crippen molar-refractivity contribution in [1.29, 1.82) is 0 Å². The SMILES string of the molecule is O=C(c1ccc2c(c1)NCC2)c1ccc(Cl)s1. The Balaban J connectivity index is 1.97. The fraction of sp³-hybridized carbons (Fsp3) is 0.154. The molecule has 1 aromatic heterocycles. The maximum absolute atomic E-state index is 12.2. The lowest BCUT2D eigenvalue weighted by Crippen LogP contribution is -1.99. The Morgan fingerprint density at radius 3 is 2.94 bits per heavy atom. The fourth-order valence-electron chi connectivity index (χ4n) is 2.01. The quantitative estimate of drug-likeness (QED) is 0.839. The molecule has 0 fully saturated rings. The van der Waals surface area contributed by atoms with Gasteiger partial charge in [0.25, 0.3) is 0 Å². The zero-order chi connectivity index (χ0) is 11.8. The minimum atomic E-state index is 0.0402. The third-order valence-corrected chi connectivity index (χ3v) is 4.11. The zero-order valence-electron chi connectivity index (χ0n) is 9.00. The summed E-state index contributed by atoms with van der Waals surface area (Å²) in [6.45, 7) is 0.956. The maximum Gasteiger partial charge on any atom is 0.203 e. The third-order valence-electron chi connectivity index (χ3n) is 2.88. The number of hydrogen-bond acceptors (Lipinski definition) is 3. The van der Waals surface area contributed by atoms with Crippen molar-refractivity contribution < 1.29 is 4.79 Å². The number of anilines is 1. The van der Waals surface area contributed by atoms with Crippen LogP contribution >= 0.6 is 22.9 Å². The van der Waals surface area contributed by atoms with E-state index in [1.807, 2.05) is 18.2 Å². The van der Waals surface area contributed by atoms with E-state index in [1.54, 1.807) is 12.1 Å². The van der Waals surface area contributed by atoms with Crippen molar-refractivity contribution in [2.24, 2.45) is 0 Å². The molecule has 1 aliphatic heterocycles. The van der Waals surface area contributed by atoms with Gasteiger partial charge in [0, 0.05) is 17.8 Å². The predicted octanol–water partition coefficient (Wildman–Crippen LogP) is 3.60. The number of benzene rings is 1. The lowest BCUT2D eigenvalue weighted by molar-refractivity contribution is 0.104. The average Bonchev–Trinajstić information content (AvgIpc) is 2.95. The van der Waals surface area contributed by atoms with Gasteiger partial charge in [0.2, 0.25) is 5.78 Å². The molecule has 0 aliphatic carbocycles. The van der Waals surface area contributed by atoms with Crippen LogP contribution in [0.2, 0.25) is 4.34 Å². The Morgan fingerprint density at radius 1 is 1.29 bits per heavy atom. The van der Waals surface area contributed by atoms with Crippen LogP contribution in [0.25, 0.3) is 0 Å². The van der Waals surface area contributed by atoms with E-state index < -0.39 is 0 Å². The highest BCUT2D eigenvalue weighted by Gasteiger charge is 2.15. The van der Waals surface area contributed by atoms with Crippen molar-refractivity contribution in [2.45, 2.75) is 6.42 Å². The molecule has 2 aromatic rings. The average molecular weight is 264 g/mol. The Bertz CT molecular complexity index is 591. The molecule has 0 unspecified atom stereocenters. The maximum atomic E-state index is 12.2. The summed E-state index contributed by atoms with van der Waals surface area (Å²) in [5, 5.41) is 3.28. The van der Waals surface area contributed by atoms with Gasteiger partial charge in [0.05, 0.1) is 9.21 Å². The van der Waals surface area contributed by atoms with Crippen LogP contribution in [0.15, 0.2) is 30.3 Å². The first-order chi connectivity index (χ1) is 8.24. The number of nitrogens with one attached hydrogen (secondary N) is 1. The first-order valence-electron chi connectivity index (χ1n) is 5.41. The summed E-state index contributed by atoms with van der Waals surface area (Å²) in [6, 6.07) is 9.37. The van der Waals surface area contributed by atoms with Gasteiger partial charge in [-0.2, -0.15) is 0 Å². The van der Waals surface area contributed by atoms with Crippen molar-refractivity contribution in [3.63, 3.8) is 0 Å². The van der Waals surface area contributed by atoms with Crippen molar-refractivity contribution in [3.05, 3.63) is 50.7 Å². The number of carbonyl (C=O) groups is 1. The molecule has 3 rings (SSSR count). The van der Waals surface area contributed by atoms with Crippen molar-refractivity contribution in [2.75, 3.05) is 11.9 Å². The molecule has 86 valence electrons. The standard InChI is InChI=1S/C13H10ClNOS/c14-12-4-3-11(17-12)13(16)9-2-1-8-5-6-15-10(8)7-9/h1-4,7,15H,5-6H2. The van der Waals surface area contributed by atoms with Crippen molar-refractivity contribution in [3.8, 4) is 0 Å². The number of fused-ring (bicyclic) bond motifs is 1. The van der Waals surface area contributed by atoms with E-state index in [0.29, 0.717) is 9.21 Å². The zero-order valence-corrected chi connectivity index (χ0v) is 10.6.